The predicted octanol–water partition coefficient (Wildman–Crippen LogP) is 5.27. The van der Waals surface area contributed by atoms with Crippen molar-refractivity contribution in [3.63, 3.8) is 0 Å². The van der Waals surface area contributed by atoms with Gasteiger partial charge in [-0.3, -0.25) is 13.9 Å². The van der Waals surface area contributed by atoms with Gasteiger partial charge in [-0.15, -0.1) is 0 Å². The van der Waals surface area contributed by atoms with E-state index in [1.165, 1.54) is 47.4 Å². The van der Waals surface area contributed by atoms with Crippen LogP contribution in [-0.2, 0) is 26.2 Å². The summed E-state index contributed by atoms with van der Waals surface area (Å²) in [6.45, 7) is 3.04. The number of carbonyl (C=O) groups excluding carboxylic acids is 2. The molecule has 11 heteroatoms. The molecule has 0 bridgehead atoms. The van der Waals surface area contributed by atoms with Crippen molar-refractivity contribution in [1.29, 1.82) is 0 Å². The van der Waals surface area contributed by atoms with E-state index in [1.54, 1.807) is 38.1 Å². The standard InChI is InChI=1S/C27H28Cl2FN3O4S/c1-3-24(27(35)31-4-2)32(17-19-14-15-21(28)22(29)16-19)26(34)18-33(25-13-9-8-12-23(25)30)38(36,37)20-10-6-5-7-11-20/h5-16,24H,3-4,17-18H2,1-2H3,(H,31,35)/t24-/m1/s1. The van der Waals surface area contributed by atoms with Crippen molar-refractivity contribution in [2.24, 2.45) is 0 Å². The fourth-order valence-corrected chi connectivity index (χ4v) is 5.70. The maximum atomic E-state index is 14.9. The molecule has 0 aromatic heterocycles. The summed E-state index contributed by atoms with van der Waals surface area (Å²) in [4.78, 5) is 27.9. The van der Waals surface area contributed by atoms with Gasteiger partial charge < -0.3 is 10.2 Å². The van der Waals surface area contributed by atoms with Crippen LogP contribution >= 0.6 is 23.2 Å². The highest BCUT2D eigenvalue weighted by Gasteiger charge is 2.34. The molecule has 0 aliphatic carbocycles. The van der Waals surface area contributed by atoms with Crippen molar-refractivity contribution < 1.29 is 22.4 Å². The molecule has 3 rings (SSSR count). The van der Waals surface area contributed by atoms with E-state index in [0.717, 1.165) is 10.4 Å². The Bertz CT molecular complexity index is 1390. The number of anilines is 1. The smallest absolute Gasteiger partial charge is 0.264 e. The van der Waals surface area contributed by atoms with Crippen LogP contribution < -0.4 is 9.62 Å². The van der Waals surface area contributed by atoms with Crippen molar-refractivity contribution in [1.82, 2.24) is 10.2 Å². The van der Waals surface area contributed by atoms with Gasteiger partial charge >= 0.3 is 0 Å². The number of hydrogen-bond donors (Lipinski definition) is 1. The Morgan fingerprint density at radius 1 is 0.947 bits per heavy atom. The van der Waals surface area contributed by atoms with E-state index in [4.69, 9.17) is 23.2 Å². The molecule has 3 aromatic carbocycles. The van der Waals surface area contributed by atoms with Gasteiger partial charge in [-0.1, -0.05) is 66.5 Å². The average Bonchev–Trinajstić information content (AvgIpc) is 2.90. The fourth-order valence-electron chi connectivity index (χ4n) is 3.93. The molecule has 0 radical (unpaired) electrons. The molecule has 0 spiro atoms. The third kappa shape index (κ3) is 6.83. The van der Waals surface area contributed by atoms with E-state index in [1.807, 2.05) is 0 Å². The Hall–Kier alpha value is -3.14. The summed E-state index contributed by atoms with van der Waals surface area (Å²) in [5, 5.41) is 3.31. The van der Waals surface area contributed by atoms with Crippen LogP contribution in [0.1, 0.15) is 25.8 Å². The van der Waals surface area contributed by atoms with Gasteiger partial charge in [0.2, 0.25) is 11.8 Å². The molecule has 202 valence electrons. The lowest BCUT2D eigenvalue weighted by molar-refractivity contribution is -0.140. The van der Waals surface area contributed by atoms with Crippen molar-refractivity contribution in [2.45, 2.75) is 37.8 Å². The van der Waals surface area contributed by atoms with E-state index in [9.17, 15) is 22.4 Å². The summed E-state index contributed by atoms with van der Waals surface area (Å²) in [6, 6.07) is 16.6. The number of benzene rings is 3. The second-order valence-electron chi connectivity index (χ2n) is 8.36. The van der Waals surface area contributed by atoms with Crippen LogP contribution in [0.2, 0.25) is 10.0 Å². The Kier molecular flexibility index (Phi) is 10.1. The second kappa shape index (κ2) is 13.1. The molecule has 0 saturated heterocycles. The Morgan fingerprint density at radius 2 is 1.61 bits per heavy atom. The molecular formula is C27H28Cl2FN3O4S. The van der Waals surface area contributed by atoms with Gasteiger partial charge in [0, 0.05) is 13.1 Å². The Balaban J connectivity index is 2.07. The molecule has 3 aromatic rings. The van der Waals surface area contributed by atoms with Crippen molar-refractivity contribution in [3.8, 4) is 0 Å². The molecule has 1 atom stereocenters. The van der Waals surface area contributed by atoms with E-state index >= 15 is 0 Å². The Morgan fingerprint density at radius 3 is 2.21 bits per heavy atom. The number of amides is 2. The van der Waals surface area contributed by atoms with Crippen LogP contribution in [0.25, 0.3) is 0 Å². The van der Waals surface area contributed by atoms with Gasteiger partial charge in [-0.25, -0.2) is 12.8 Å². The Labute approximate surface area is 232 Å². The summed E-state index contributed by atoms with van der Waals surface area (Å²) in [6.07, 6.45) is 0.254. The first kappa shape index (κ1) is 29.4. The summed E-state index contributed by atoms with van der Waals surface area (Å²) in [7, 11) is -4.35. The number of rotatable bonds is 11. The molecule has 0 saturated carbocycles. The molecule has 0 fully saturated rings. The molecule has 2 amide bonds. The number of carbonyl (C=O) groups is 2. The second-order valence-corrected chi connectivity index (χ2v) is 11.0. The highest BCUT2D eigenvalue weighted by molar-refractivity contribution is 7.92. The van der Waals surface area contributed by atoms with Crippen LogP contribution in [0, 0.1) is 5.82 Å². The van der Waals surface area contributed by atoms with Crippen LogP contribution in [0.5, 0.6) is 0 Å². The lowest BCUT2D eigenvalue weighted by Crippen LogP contribution is -2.52. The first-order valence-corrected chi connectivity index (χ1v) is 14.1. The summed E-state index contributed by atoms with van der Waals surface area (Å²) in [5.74, 6) is -1.91. The third-order valence-corrected chi connectivity index (χ3v) is 8.32. The first-order chi connectivity index (χ1) is 18.1. The van der Waals surface area contributed by atoms with Gasteiger partial charge in [0.1, 0.15) is 18.4 Å². The molecule has 0 unspecified atom stereocenters. The minimum atomic E-state index is -4.35. The third-order valence-electron chi connectivity index (χ3n) is 5.81. The number of nitrogens with one attached hydrogen (secondary N) is 1. The zero-order chi connectivity index (χ0) is 27.9. The largest absolute Gasteiger partial charge is 0.355 e. The highest BCUT2D eigenvalue weighted by Crippen LogP contribution is 2.28. The first-order valence-electron chi connectivity index (χ1n) is 11.9. The molecule has 0 heterocycles. The summed E-state index contributed by atoms with van der Waals surface area (Å²) < 4.78 is 42.9. The highest BCUT2D eigenvalue weighted by atomic mass is 35.5. The molecule has 7 nitrogen and oxygen atoms in total. The van der Waals surface area contributed by atoms with E-state index in [2.05, 4.69) is 5.32 Å². The van der Waals surface area contributed by atoms with Gasteiger partial charge in [0.05, 0.1) is 20.6 Å². The topological polar surface area (TPSA) is 86.8 Å². The monoisotopic (exact) mass is 579 g/mol. The zero-order valence-electron chi connectivity index (χ0n) is 20.9. The predicted molar refractivity (Wildman–Crippen MR) is 147 cm³/mol. The van der Waals surface area contributed by atoms with E-state index in [-0.39, 0.29) is 28.6 Å². The number of hydrogen-bond acceptors (Lipinski definition) is 4. The normalized spacial score (nSPS) is 12.0. The van der Waals surface area contributed by atoms with Crippen LogP contribution in [0.15, 0.2) is 77.7 Å². The molecular weight excluding hydrogens is 552 g/mol. The van der Waals surface area contributed by atoms with Gasteiger partial charge in [0.25, 0.3) is 10.0 Å². The molecule has 0 aliphatic heterocycles. The fraction of sp³-hybridized carbons (Fsp3) is 0.259. The van der Waals surface area contributed by atoms with Crippen LogP contribution in [0.4, 0.5) is 10.1 Å². The quantitative estimate of drug-likeness (QED) is 0.335. The molecule has 0 aliphatic rings. The number of nitrogens with zero attached hydrogens (tertiary/aromatic N) is 2. The van der Waals surface area contributed by atoms with Gasteiger partial charge in [-0.2, -0.15) is 0 Å². The minimum absolute atomic E-state index is 0.0537. The summed E-state index contributed by atoms with van der Waals surface area (Å²) >= 11 is 12.2. The number of para-hydroxylation sites is 1. The lowest BCUT2D eigenvalue weighted by atomic mass is 10.1. The van der Waals surface area contributed by atoms with Crippen molar-refractivity contribution in [3.05, 3.63) is 94.2 Å². The number of likely N-dealkylation sites (N-methyl/N-ethyl adjacent to an activating group) is 1. The number of halogens is 3. The van der Waals surface area contributed by atoms with Crippen LogP contribution in [-0.4, -0.2) is 44.3 Å². The maximum absolute atomic E-state index is 14.9. The van der Waals surface area contributed by atoms with Crippen LogP contribution in [0.3, 0.4) is 0 Å². The maximum Gasteiger partial charge on any atom is 0.264 e. The molecule has 38 heavy (non-hydrogen) atoms. The average molecular weight is 581 g/mol. The van der Waals surface area contributed by atoms with E-state index < -0.39 is 40.2 Å². The zero-order valence-corrected chi connectivity index (χ0v) is 23.2. The SMILES string of the molecule is CCNC(=O)[C@@H](CC)N(Cc1ccc(Cl)c(Cl)c1)C(=O)CN(c1ccccc1F)S(=O)(=O)c1ccccc1. The summed E-state index contributed by atoms with van der Waals surface area (Å²) in [5.41, 5.74) is 0.295. The van der Waals surface area contributed by atoms with Gasteiger partial charge in [0.15, 0.2) is 0 Å². The lowest BCUT2D eigenvalue weighted by Gasteiger charge is -2.33. The van der Waals surface area contributed by atoms with Gasteiger partial charge in [-0.05, 0) is 55.3 Å². The van der Waals surface area contributed by atoms with Crippen molar-refractivity contribution in [2.75, 3.05) is 17.4 Å². The minimum Gasteiger partial charge on any atom is -0.355 e. The number of sulfonamides is 1. The van der Waals surface area contributed by atoms with Crippen molar-refractivity contribution >= 4 is 50.7 Å². The molecule has 1 N–H and O–H groups in total. The van der Waals surface area contributed by atoms with E-state index in [0.29, 0.717) is 17.1 Å².